The first-order valence-electron chi connectivity index (χ1n) is 8.16. The van der Waals surface area contributed by atoms with E-state index >= 15 is 0 Å². The summed E-state index contributed by atoms with van der Waals surface area (Å²) in [4.78, 5) is 13.5. The number of anilines is 1. The molecule has 0 saturated heterocycles. The van der Waals surface area contributed by atoms with Gasteiger partial charge in [-0.3, -0.25) is 14.8 Å². The first kappa shape index (κ1) is 21.5. The minimum Gasteiger partial charge on any atom is -0.360 e. The summed E-state index contributed by atoms with van der Waals surface area (Å²) in [5, 5.41) is 9.88. The molecule has 0 spiro atoms. The fourth-order valence-electron chi connectivity index (χ4n) is 2.35. The molecule has 0 aromatic carbocycles. The molecule has 0 aliphatic carbocycles. The Balaban J connectivity index is 1.93. The highest BCUT2D eigenvalue weighted by Crippen LogP contribution is 2.36. The van der Waals surface area contributed by atoms with E-state index in [1.807, 2.05) is 13.0 Å². The van der Waals surface area contributed by atoms with Crippen molar-refractivity contribution in [3.8, 4) is 11.4 Å². The highest BCUT2D eigenvalue weighted by Gasteiger charge is 2.30. The SMILES string of the molecule is CCSc1cc(N/C=C\C(=N)Cl)cnc1-c1cn2cnc(SC(F)(F)F)cc2n1. The number of aromatic nitrogens is 4. The van der Waals surface area contributed by atoms with Crippen molar-refractivity contribution < 1.29 is 13.2 Å². The van der Waals surface area contributed by atoms with Gasteiger partial charge in [-0.25, -0.2) is 9.97 Å². The summed E-state index contributed by atoms with van der Waals surface area (Å²) in [6, 6.07) is 3.17. The second-order valence-electron chi connectivity index (χ2n) is 5.50. The smallest absolute Gasteiger partial charge is 0.360 e. The molecule has 0 amide bonds. The molecule has 0 aliphatic rings. The van der Waals surface area contributed by atoms with Crippen molar-refractivity contribution in [1.29, 1.82) is 5.41 Å². The molecule has 152 valence electrons. The van der Waals surface area contributed by atoms with Crippen molar-refractivity contribution in [3.63, 3.8) is 0 Å². The predicted molar refractivity (Wildman–Crippen MR) is 111 cm³/mol. The zero-order chi connectivity index (χ0) is 21.0. The Hall–Kier alpha value is -2.24. The van der Waals surface area contributed by atoms with E-state index in [0.29, 0.717) is 22.7 Å². The molecule has 0 radical (unpaired) electrons. The van der Waals surface area contributed by atoms with E-state index in [1.165, 1.54) is 24.7 Å². The maximum absolute atomic E-state index is 12.6. The van der Waals surface area contributed by atoms with Crippen molar-refractivity contribution in [2.24, 2.45) is 0 Å². The standard InChI is InChI=1S/C17H14ClF3N6S2/c1-2-28-12-5-10(23-4-3-13(18)22)7-24-16(12)11-8-27-9-25-15(6-14(27)26-11)29-17(19,20)21/h3-9,22-23H,2H2,1H3/b4-3-,22-13?. The van der Waals surface area contributed by atoms with Crippen LogP contribution in [0.2, 0.25) is 0 Å². The quantitative estimate of drug-likeness (QED) is 0.270. The van der Waals surface area contributed by atoms with Gasteiger partial charge < -0.3 is 5.32 Å². The number of thioether (sulfide) groups is 2. The van der Waals surface area contributed by atoms with Gasteiger partial charge in [-0.1, -0.05) is 18.5 Å². The van der Waals surface area contributed by atoms with Gasteiger partial charge in [0.1, 0.15) is 33.6 Å². The van der Waals surface area contributed by atoms with E-state index in [-0.39, 0.29) is 22.0 Å². The van der Waals surface area contributed by atoms with Crippen LogP contribution in [0.1, 0.15) is 6.92 Å². The fourth-order valence-corrected chi connectivity index (χ4v) is 3.73. The van der Waals surface area contributed by atoms with Gasteiger partial charge in [0.25, 0.3) is 0 Å². The van der Waals surface area contributed by atoms with Gasteiger partial charge in [0, 0.05) is 35.1 Å². The third-order valence-electron chi connectivity index (χ3n) is 3.42. The molecule has 0 aliphatic heterocycles. The van der Waals surface area contributed by atoms with Crippen LogP contribution >= 0.6 is 35.1 Å². The van der Waals surface area contributed by atoms with Crippen LogP contribution in [0.4, 0.5) is 18.9 Å². The van der Waals surface area contributed by atoms with Crippen molar-refractivity contribution in [2.45, 2.75) is 22.4 Å². The number of rotatable bonds is 7. The maximum atomic E-state index is 12.6. The number of halogens is 4. The largest absolute Gasteiger partial charge is 0.447 e. The van der Waals surface area contributed by atoms with Crippen LogP contribution in [-0.4, -0.2) is 35.8 Å². The van der Waals surface area contributed by atoms with Crippen LogP contribution in [-0.2, 0) is 0 Å². The zero-order valence-corrected chi connectivity index (χ0v) is 17.3. The van der Waals surface area contributed by atoms with Crippen molar-refractivity contribution in [1.82, 2.24) is 19.4 Å². The van der Waals surface area contributed by atoms with Crippen LogP contribution in [0.25, 0.3) is 17.0 Å². The molecule has 2 N–H and O–H groups in total. The number of imidazole rings is 1. The van der Waals surface area contributed by atoms with Gasteiger partial charge in [-0.15, -0.1) is 11.8 Å². The van der Waals surface area contributed by atoms with Crippen LogP contribution in [0, 0.1) is 5.41 Å². The Bertz CT molecular complexity index is 1070. The second-order valence-corrected chi connectivity index (χ2v) is 8.29. The third kappa shape index (κ3) is 5.87. The Morgan fingerprint density at radius 1 is 1.34 bits per heavy atom. The molecule has 0 saturated carbocycles. The van der Waals surface area contributed by atoms with Gasteiger partial charge in [-0.05, 0) is 17.9 Å². The Kier molecular flexibility index (Phi) is 6.70. The van der Waals surface area contributed by atoms with E-state index in [2.05, 4.69) is 20.3 Å². The highest BCUT2D eigenvalue weighted by atomic mass is 35.5. The monoisotopic (exact) mass is 458 g/mol. The minimum absolute atomic E-state index is 0.105. The summed E-state index contributed by atoms with van der Waals surface area (Å²) in [7, 11) is 0. The molecule has 0 atom stereocenters. The van der Waals surface area contributed by atoms with Crippen LogP contribution in [0.3, 0.4) is 0 Å². The maximum Gasteiger partial charge on any atom is 0.447 e. The molecule has 3 aromatic heterocycles. The number of alkyl halides is 3. The first-order valence-corrected chi connectivity index (χ1v) is 10.3. The lowest BCUT2D eigenvalue weighted by atomic mass is 10.2. The van der Waals surface area contributed by atoms with Crippen molar-refractivity contribution in [3.05, 3.63) is 43.1 Å². The molecular formula is C17H14ClF3N6S2. The number of pyridine rings is 1. The average molecular weight is 459 g/mol. The lowest BCUT2D eigenvalue weighted by molar-refractivity contribution is -0.0329. The number of hydrogen-bond acceptors (Lipinski definition) is 7. The summed E-state index contributed by atoms with van der Waals surface area (Å²) in [6.07, 6.45) is 7.50. The molecule has 6 nitrogen and oxygen atoms in total. The average Bonchev–Trinajstić information content (AvgIpc) is 3.03. The summed E-state index contributed by atoms with van der Waals surface area (Å²) in [5.41, 5.74) is -2.21. The number of allylic oxidation sites excluding steroid dienone is 1. The first-order chi connectivity index (χ1) is 13.7. The molecule has 0 bridgehead atoms. The van der Waals surface area contributed by atoms with Gasteiger partial charge in [0.15, 0.2) is 0 Å². The lowest BCUT2D eigenvalue weighted by Crippen LogP contribution is -2.00. The molecule has 3 heterocycles. The molecule has 3 aromatic rings. The third-order valence-corrected chi connectivity index (χ3v) is 5.12. The molecule has 3 rings (SSSR count). The Labute approximate surface area is 177 Å². The Morgan fingerprint density at radius 2 is 2.14 bits per heavy atom. The zero-order valence-electron chi connectivity index (χ0n) is 14.9. The van der Waals surface area contributed by atoms with E-state index in [0.717, 1.165) is 10.6 Å². The van der Waals surface area contributed by atoms with Crippen LogP contribution in [0.15, 0.2) is 53.1 Å². The molecule has 0 fully saturated rings. The number of hydrogen-bond donors (Lipinski definition) is 2. The van der Waals surface area contributed by atoms with Crippen LogP contribution < -0.4 is 5.32 Å². The number of fused-ring (bicyclic) bond motifs is 1. The van der Waals surface area contributed by atoms with E-state index in [1.54, 1.807) is 28.6 Å². The summed E-state index contributed by atoms with van der Waals surface area (Å²) in [5.74, 6) is 0.793. The normalized spacial score (nSPS) is 12.0. The van der Waals surface area contributed by atoms with Crippen LogP contribution in [0.5, 0.6) is 0 Å². The highest BCUT2D eigenvalue weighted by molar-refractivity contribution is 8.00. The number of nitrogens with one attached hydrogen (secondary N) is 2. The van der Waals surface area contributed by atoms with Gasteiger partial charge in [0.05, 0.1) is 11.9 Å². The summed E-state index contributed by atoms with van der Waals surface area (Å²) in [6.45, 7) is 2.00. The molecular weight excluding hydrogens is 445 g/mol. The second kappa shape index (κ2) is 9.06. The van der Waals surface area contributed by atoms with Crippen molar-refractivity contribution in [2.75, 3.05) is 11.1 Å². The van der Waals surface area contributed by atoms with Crippen molar-refractivity contribution >= 4 is 51.6 Å². The number of nitrogens with zero attached hydrogens (tertiary/aromatic N) is 4. The van der Waals surface area contributed by atoms with Gasteiger partial charge in [-0.2, -0.15) is 13.2 Å². The molecule has 29 heavy (non-hydrogen) atoms. The van der Waals surface area contributed by atoms with Gasteiger partial charge in [0.2, 0.25) is 0 Å². The van der Waals surface area contributed by atoms with E-state index < -0.39 is 5.51 Å². The van der Waals surface area contributed by atoms with Gasteiger partial charge >= 0.3 is 5.51 Å². The molecule has 0 unspecified atom stereocenters. The van der Waals surface area contributed by atoms with E-state index in [9.17, 15) is 13.2 Å². The summed E-state index contributed by atoms with van der Waals surface area (Å²) < 4.78 is 39.3. The molecule has 12 heteroatoms. The Morgan fingerprint density at radius 3 is 2.83 bits per heavy atom. The predicted octanol–water partition coefficient (Wildman–Crippen LogP) is 5.66. The lowest BCUT2D eigenvalue weighted by Gasteiger charge is -2.08. The summed E-state index contributed by atoms with van der Waals surface area (Å²) >= 11 is 6.75. The minimum atomic E-state index is -4.41. The fraction of sp³-hybridized carbons (Fsp3) is 0.176. The topological polar surface area (TPSA) is 79.0 Å². The van der Waals surface area contributed by atoms with E-state index in [4.69, 9.17) is 17.0 Å².